The standard InChI is InChI=1S/C20H24N4O3/c1-13(12-26-9-3-2-7-21)27-20-16-6-8-23-11-17(16)15-5-4-14(19(22)25)10-18(15)24-20/h4-6,8,10-11,13H,2-3,7,9,12,21H2,1H3,(H2,22,25)/t13-/m1/s1. The molecule has 1 aromatic carbocycles. The summed E-state index contributed by atoms with van der Waals surface area (Å²) in [6.45, 7) is 3.71. The van der Waals surface area contributed by atoms with Crippen molar-refractivity contribution in [3.63, 3.8) is 0 Å². The maximum atomic E-state index is 11.5. The summed E-state index contributed by atoms with van der Waals surface area (Å²) in [7, 11) is 0. The van der Waals surface area contributed by atoms with E-state index >= 15 is 0 Å². The molecule has 2 heterocycles. The van der Waals surface area contributed by atoms with Gasteiger partial charge in [-0.25, -0.2) is 4.98 Å². The fourth-order valence-electron chi connectivity index (χ4n) is 2.88. The van der Waals surface area contributed by atoms with Gasteiger partial charge in [0.05, 0.1) is 12.1 Å². The van der Waals surface area contributed by atoms with E-state index < -0.39 is 5.91 Å². The summed E-state index contributed by atoms with van der Waals surface area (Å²) >= 11 is 0. The molecule has 0 unspecified atom stereocenters. The highest BCUT2D eigenvalue weighted by Gasteiger charge is 2.14. The first-order chi connectivity index (χ1) is 13.1. The number of carbonyl (C=O) groups excluding carboxylic acids is 1. The Morgan fingerprint density at radius 2 is 2.04 bits per heavy atom. The van der Waals surface area contributed by atoms with Crippen molar-refractivity contribution < 1.29 is 14.3 Å². The van der Waals surface area contributed by atoms with E-state index in [1.807, 2.05) is 19.1 Å². The Morgan fingerprint density at radius 1 is 1.19 bits per heavy atom. The zero-order chi connectivity index (χ0) is 19.2. The van der Waals surface area contributed by atoms with Crippen molar-refractivity contribution in [3.8, 4) is 5.88 Å². The number of carbonyl (C=O) groups is 1. The molecule has 7 heteroatoms. The Hall–Kier alpha value is -2.77. The van der Waals surface area contributed by atoms with Crippen molar-refractivity contribution in [1.82, 2.24) is 9.97 Å². The predicted octanol–water partition coefficient (Wildman–Crippen LogP) is 2.40. The number of amides is 1. The Morgan fingerprint density at radius 3 is 2.81 bits per heavy atom. The molecule has 0 bridgehead atoms. The first-order valence-corrected chi connectivity index (χ1v) is 9.02. The molecule has 0 aliphatic carbocycles. The van der Waals surface area contributed by atoms with E-state index in [4.69, 9.17) is 20.9 Å². The Bertz CT molecular complexity index is 945. The van der Waals surface area contributed by atoms with Crippen molar-refractivity contribution in [2.24, 2.45) is 11.5 Å². The molecule has 0 radical (unpaired) electrons. The van der Waals surface area contributed by atoms with Gasteiger partial charge in [0.1, 0.15) is 6.10 Å². The predicted molar refractivity (Wildman–Crippen MR) is 105 cm³/mol. The second-order valence-electron chi connectivity index (χ2n) is 6.43. The van der Waals surface area contributed by atoms with Gasteiger partial charge in [0.15, 0.2) is 0 Å². The smallest absolute Gasteiger partial charge is 0.248 e. The molecule has 7 nitrogen and oxygen atoms in total. The number of hydrogen-bond acceptors (Lipinski definition) is 6. The molecule has 27 heavy (non-hydrogen) atoms. The van der Waals surface area contributed by atoms with Crippen LogP contribution in [0.3, 0.4) is 0 Å². The number of rotatable bonds is 9. The van der Waals surface area contributed by atoms with Crippen molar-refractivity contribution in [1.29, 1.82) is 0 Å². The van der Waals surface area contributed by atoms with Crippen LogP contribution in [0.4, 0.5) is 0 Å². The molecule has 0 spiro atoms. The summed E-state index contributed by atoms with van der Waals surface area (Å²) in [4.78, 5) is 20.3. The third-order valence-corrected chi connectivity index (χ3v) is 4.25. The second-order valence-corrected chi connectivity index (χ2v) is 6.43. The zero-order valence-corrected chi connectivity index (χ0v) is 15.4. The summed E-state index contributed by atoms with van der Waals surface area (Å²) < 4.78 is 11.7. The molecule has 3 aromatic rings. The fraction of sp³-hybridized carbons (Fsp3) is 0.350. The van der Waals surface area contributed by atoms with E-state index in [9.17, 15) is 4.79 Å². The van der Waals surface area contributed by atoms with Gasteiger partial charge in [-0.3, -0.25) is 9.78 Å². The minimum absolute atomic E-state index is 0.177. The number of nitrogens with zero attached hydrogens (tertiary/aromatic N) is 2. The van der Waals surface area contributed by atoms with Crippen LogP contribution in [-0.4, -0.2) is 41.7 Å². The highest BCUT2D eigenvalue weighted by molar-refractivity contribution is 6.09. The van der Waals surface area contributed by atoms with Crippen LogP contribution < -0.4 is 16.2 Å². The monoisotopic (exact) mass is 368 g/mol. The molecule has 0 saturated heterocycles. The maximum Gasteiger partial charge on any atom is 0.248 e. The van der Waals surface area contributed by atoms with E-state index in [1.54, 1.807) is 24.5 Å². The molecular formula is C20H24N4O3. The van der Waals surface area contributed by atoms with E-state index in [2.05, 4.69) is 9.97 Å². The second kappa shape index (κ2) is 8.75. The average molecular weight is 368 g/mol. The van der Waals surface area contributed by atoms with Crippen molar-refractivity contribution in [2.45, 2.75) is 25.9 Å². The van der Waals surface area contributed by atoms with Gasteiger partial charge in [-0.2, -0.15) is 0 Å². The number of benzene rings is 1. The fourth-order valence-corrected chi connectivity index (χ4v) is 2.88. The van der Waals surface area contributed by atoms with Gasteiger partial charge in [0.2, 0.25) is 11.8 Å². The first kappa shape index (κ1) is 19.0. The Labute approximate surface area is 157 Å². The average Bonchev–Trinajstić information content (AvgIpc) is 2.67. The molecule has 2 aromatic heterocycles. The number of pyridine rings is 2. The van der Waals surface area contributed by atoms with Crippen LogP contribution in [0, 0.1) is 0 Å². The zero-order valence-electron chi connectivity index (χ0n) is 15.4. The normalized spacial score (nSPS) is 12.4. The SMILES string of the molecule is C[C@H](COCCCCN)Oc1nc2cc(C(N)=O)ccc2c2cnccc12. The molecule has 0 saturated carbocycles. The number of unbranched alkanes of at least 4 members (excludes halogenated alkanes) is 1. The Balaban J connectivity index is 1.87. The number of nitrogens with two attached hydrogens (primary N) is 2. The van der Waals surface area contributed by atoms with E-state index in [-0.39, 0.29) is 6.10 Å². The van der Waals surface area contributed by atoms with Crippen LogP contribution in [0.5, 0.6) is 5.88 Å². The molecule has 0 aliphatic heterocycles. The summed E-state index contributed by atoms with van der Waals surface area (Å²) in [5.74, 6) is -0.00808. The lowest BCUT2D eigenvalue weighted by Crippen LogP contribution is -2.20. The van der Waals surface area contributed by atoms with Crippen LogP contribution in [0.15, 0.2) is 36.7 Å². The third kappa shape index (κ3) is 4.50. The topological polar surface area (TPSA) is 113 Å². The quantitative estimate of drug-likeness (QED) is 0.443. The van der Waals surface area contributed by atoms with Crippen LogP contribution >= 0.6 is 0 Å². The van der Waals surface area contributed by atoms with Gasteiger partial charge in [-0.15, -0.1) is 0 Å². The lowest BCUT2D eigenvalue weighted by atomic mass is 10.1. The minimum atomic E-state index is -0.494. The van der Waals surface area contributed by atoms with Gasteiger partial charge < -0.3 is 20.9 Å². The minimum Gasteiger partial charge on any atom is -0.472 e. The van der Waals surface area contributed by atoms with Crippen molar-refractivity contribution in [2.75, 3.05) is 19.8 Å². The molecule has 1 atom stereocenters. The summed E-state index contributed by atoms with van der Waals surface area (Å²) in [6.07, 6.45) is 5.17. The third-order valence-electron chi connectivity index (χ3n) is 4.25. The molecule has 4 N–H and O–H groups in total. The van der Waals surface area contributed by atoms with Gasteiger partial charge >= 0.3 is 0 Å². The number of primary amides is 1. The summed E-state index contributed by atoms with van der Waals surface area (Å²) in [5, 5.41) is 2.66. The number of fused-ring (bicyclic) bond motifs is 3. The molecule has 1 amide bonds. The Kier molecular flexibility index (Phi) is 6.16. The van der Waals surface area contributed by atoms with Crippen LogP contribution in [0.1, 0.15) is 30.1 Å². The van der Waals surface area contributed by atoms with Crippen LogP contribution in [-0.2, 0) is 4.74 Å². The van der Waals surface area contributed by atoms with E-state index in [1.165, 1.54) is 0 Å². The summed E-state index contributed by atoms with van der Waals surface area (Å²) in [5.41, 5.74) is 11.9. The lowest BCUT2D eigenvalue weighted by molar-refractivity contribution is 0.0558. The molecular weight excluding hydrogens is 344 g/mol. The molecule has 3 rings (SSSR count). The first-order valence-electron chi connectivity index (χ1n) is 9.02. The van der Waals surface area contributed by atoms with E-state index in [0.717, 1.165) is 29.0 Å². The van der Waals surface area contributed by atoms with Crippen LogP contribution in [0.25, 0.3) is 21.7 Å². The number of hydrogen-bond donors (Lipinski definition) is 2. The molecule has 0 fully saturated rings. The van der Waals surface area contributed by atoms with Gasteiger partial charge in [0, 0.05) is 40.7 Å². The number of ether oxygens (including phenoxy) is 2. The van der Waals surface area contributed by atoms with E-state index in [0.29, 0.717) is 36.7 Å². The summed E-state index contributed by atoms with van der Waals surface area (Å²) in [6, 6.07) is 7.07. The van der Waals surface area contributed by atoms with Crippen molar-refractivity contribution in [3.05, 3.63) is 42.2 Å². The number of aromatic nitrogens is 2. The van der Waals surface area contributed by atoms with Gasteiger partial charge in [-0.1, -0.05) is 6.07 Å². The largest absolute Gasteiger partial charge is 0.472 e. The molecule has 142 valence electrons. The highest BCUT2D eigenvalue weighted by atomic mass is 16.5. The molecule has 0 aliphatic rings. The highest BCUT2D eigenvalue weighted by Crippen LogP contribution is 2.31. The van der Waals surface area contributed by atoms with Gasteiger partial charge in [0.25, 0.3) is 0 Å². The lowest BCUT2D eigenvalue weighted by Gasteiger charge is -2.16. The van der Waals surface area contributed by atoms with Gasteiger partial charge in [-0.05, 0) is 44.5 Å². The maximum absolute atomic E-state index is 11.5. The van der Waals surface area contributed by atoms with Crippen molar-refractivity contribution >= 4 is 27.6 Å². The van der Waals surface area contributed by atoms with Crippen LogP contribution in [0.2, 0.25) is 0 Å².